The molecule has 1 heterocycles. The fraction of sp³-hybridized carbons (Fsp3) is 0.217. The Morgan fingerprint density at radius 3 is 2.38 bits per heavy atom. The van der Waals surface area contributed by atoms with E-state index in [0.29, 0.717) is 0 Å². The first-order chi connectivity index (χ1) is 11.5. The van der Waals surface area contributed by atoms with Gasteiger partial charge in [0.1, 0.15) is 11.2 Å². The number of para-hydroxylation sites is 1. The summed E-state index contributed by atoms with van der Waals surface area (Å²) in [4.78, 5) is 0. The lowest BCUT2D eigenvalue weighted by Crippen LogP contribution is -1.90. The van der Waals surface area contributed by atoms with Crippen LogP contribution < -0.4 is 0 Å². The summed E-state index contributed by atoms with van der Waals surface area (Å²) in [6.07, 6.45) is 5.69. The van der Waals surface area contributed by atoms with Gasteiger partial charge in [-0.25, -0.2) is 0 Å². The molecule has 2 aromatic carbocycles. The van der Waals surface area contributed by atoms with Crippen molar-refractivity contribution in [1.82, 2.24) is 0 Å². The Bertz CT molecular complexity index is 1050. The van der Waals surface area contributed by atoms with E-state index in [2.05, 4.69) is 64.1 Å². The van der Waals surface area contributed by atoms with Crippen LogP contribution in [0.25, 0.3) is 27.5 Å². The summed E-state index contributed by atoms with van der Waals surface area (Å²) in [5.74, 6) is 0. The minimum atomic E-state index is 0.960. The smallest absolute Gasteiger partial charge is 0.138 e. The van der Waals surface area contributed by atoms with Crippen LogP contribution in [0.3, 0.4) is 0 Å². The molecular weight excluding hydrogens is 292 g/mol. The van der Waals surface area contributed by atoms with Gasteiger partial charge in [0.15, 0.2) is 0 Å². The van der Waals surface area contributed by atoms with E-state index in [4.69, 9.17) is 4.42 Å². The Hall–Kier alpha value is -2.54. The van der Waals surface area contributed by atoms with Crippen molar-refractivity contribution in [2.24, 2.45) is 0 Å². The van der Waals surface area contributed by atoms with Crippen molar-refractivity contribution in [2.45, 2.75) is 34.1 Å². The van der Waals surface area contributed by atoms with E-state index in [1.807, 2.05) is 12.1 Å². The monoisotopic (exact) mass is 314 g/mol. The lowest BCUT2D eigenvalue weighted by atomic mass is 9.94. The molecule has 0 aliphatic heterocycles. The standard InChI is InChI=1S/C23H22O/c1-14-11-15(2)13-21(16(3)12-14)18-9-10-20-19-7-5-6-8-22(19)24-23(20)17(18)4/h5-10,12-13H,11H2,1-4H3. The second-order valence-corrected chi connectivity index (χ2v) is 6.97. The van der Waals surface area contributed by atoms with Crippen LogP contribution in [0.15, 0.2) is 69.7 Å². The van der Waals surface area contributed by atoms with E-state index in [0.717, 1.165) is 17.6 Å². The van der Waals surface area contributed by atoms with Gasteiger partial charge in [-0.3, -0.25) is 0 Å². The summed E-state index contributed by atoms with van der Waals surface area (Å²) in [6.45, 7) is 8.80. The Morgan fingerprint density at radius 2 is 1.54 bits per heavy atom. The molecule has 0 saturated carbocycles. The number of allylic oxidation sites excluding steroid dienone is 6. The third-order valence-corrected chi connectivity index (χ3v) is 4.92. The highest BCUT2D eigenvalue weighted by Crippen LogP contribution is 2.37. The molecule has 0 amide bonds. The summed E-state index contributed by atoms with van der Waals surface area (Å²) in [6, 6.07) is 12.7. The second-order valence-electron chi connectivity index (χ2n) is 6.97. The zero-order chi connectivity index (χ0) is 16.8. The molecule has 0 unspecified atom stereocenters. The highest BCUT2D eigenvalue weighted by atomic mass is 16.3. The van der Waals surface area contributed by atoms with Crippen LogP contribution in [-0.4, -0.2) is 0 Å². The molecule has 1 nitrogen and oxygen atoms in total. The summed E-state index contributed by atoms with van der Waals surface area (Å²) in [7, 11) is 0. The average molecular weight is 314 g/mol. The quantitative estimate of drug-likeness (QED) is 0.473. The van der Waals surface area contributed by atoms with Gasteiger partial charge in [0.25, 0.3) is 0 Å². The maximum Gasteiger partial charge on any atom is 0.138 e. The Labute approximate surface area is 143 Å². The first kappa shape index (κ1) is 15.0. The molecule has 1 aliphatic rings. The van der Waals surface area contributed by atoms with Gasteiger partial charge in [0.05, 0.1) is 0 Å². The number of furan rings is 1. The first-order valence-corrected chi connectivity index (χ1v) is 8.51. The van der Waals surface area contributed by atoms with Gasteiger partial charge in [-0.1, -0.05) is 47.6 Å². The number of benzene rings is 2. The van der Waals surface area contributed by atoms with Crippen molar-refractivity contribution >= 4 is 27.5 Å². The van der Waals surface area contributed by atoms with Gasteiger partial charge in [0, 0.05) is 16.3 Å². The van der Waals surface area contributed by atoms with Crippen LogP contribution in [0.4, 0.5) is 0 Å². The van der Waals surface area contributed by atoms with Crippen molar-refractivity contribution in [3.63, 3.8) is 0 Å². The highest BCUT2D eigenvalue weighted by Gasteiger charge is 2.15. The average Bonchev–Trinajstić information content (AvgIpc) is 2.86. The van der Waals surface area contributed by atoms with Crippen molar-refractivity contribution in [3.8, 4) is 0 Å². The van der Waals surface area contributed by atoms with Crippen LogP contribution >= 0.6 is 0 Å². The molecule has 24 heavy (non-hydrogen) atoms. The summed E-state index contributed by atoms with van der Waals surface area (Å²) in [5, 5.41) is 2.39. The number of hydrogen-bond donors (Lipinski definition) is 0. The first-order valence-electron chi connectivity index (χ1n) is 8.51. The topological polar surface area (TPSA) is 13.1 Å². The number of aryl methyl sites for hydroxylation is 1. The molecule has 120 valence electrons. The summed E-state index contributed by atoms with van der Waals surface area (Å²) >= 11 is 0. The predicted octanol–water partition coefficient (Wildman–Crippen LogP) is 6.96. The number of rotatable bonds is 1. The lowest BCUT2D eigenvalue weighted by molar-refractivity contribution is 0.665. The minimum absolute atomic E-state index is 0.960. The molecule has 0 bridgehead atoms. The fourth-order valence-corrected chi connectivity index (χ4v) is 3.85. The lowest BCUT2D eigenvalue weighted by Gasteiger charge is -2.10. The van der Waals surface area contributed by atoms with Gasteiger partial charge < -0.3 is 4.42 Å². The summed E-state index contributed by atoms with van der Waals surface area (Å²) in [5.41, 5.74) is 9.90. The third kappa shape index (κ3) is 2.32. The van der Waals surface area contributed by atoms with Crippen LogP contribution in [0.2, 0.25) is 0 Å². The van der Waals surface area contributed by atoms with E-state index >= 15 is 0 Å². The van der Waals surface area contributed by atoms with Crippen LogP contribution in [0.5, 0.6) is 0 Å². The zero-order valence-corrected chi connectivity index (χ0v) is 14.7. The number of fused-ring (bicyclic) bond motifs is 3. The molecule has 4 rings (SSSR count). The molecular formula is C23H22O. The minimum Gasteiger partial charge on any atom is -0.456 e. The Morgan fingerprint density at radius 1 is 0.792 bits per heavy atom. The normalized spacial score (nSPS) is 15.7. The van der Waals surface area contributed by atoms with Crippen molar-refractivity contribution in [2.75, 3.05) is 0 Å². The van der Waals surface area contributed by atoms with Crippen molar-refractivity contribution in [1.29, 1.82) is 0 Å². The zero-order valence-electron chi connectivity index (χ0n) is 14.7. The van der Waals surface area contributed by atoms with Gasteiger partial charge in [-0.2, -0.15) is 0 Å². The van der Waals surface area contributed by atoms with Gasteiger partial charge in [0.2, 0.25) is 0 Å². The largest absolute Gasteiger partial charge is 0.456 e. The van der Waals surface area contributed by atoms with E-state index < -0.39 is 0 Å². The molecule has 1 heteroatoms. The van der Waals surface area contributed by atoms with Crippen LogP contribution in [0, 0.1) is 6.92 Å². The maximum atomic E-state index is 6.17. The molecule has 0 saturated heterocycles. The van der Waals surface area contributed by atoms with E-state index in [1.165, 1.54) is 44.2 Å². The number of hydrogen-bond acceptors (Lipinski definition) is 1. The van der Waals surface area contributed by atoms with Crippen molar-refractivity contribution < 1.29 is 4.42 Å². The Kier molecular flexibility index (Phi) is 3.45. The molecule has 0 spiro atoms. The molecule has 1 aromatic heterocycles. The fourth-order valence-electron chi connectivity index (χ4n) is 3.85. The molecule has 3 aromatic rings. The Balaban J connectivity index is 2.01. The van der Waals surface area contributed by atoms with E-state index in [-0.39, 0.29) is 0 Å². The molecule has 0 fully saturated rings. The molecule has 0 N–H and O–H groups in total. The van der Waals surface area contributed by atoms with E-state index in [1.54, 1.807) is 0 Å². The second kappa shape index (κ2) is 5.52. The van der Waals surface area contributed by atoms with Crippen LogP contribution in [-0.2, 0) is 0 Å². The summed E-state index contributed by atoms with van der Waals surface area (Å²) < 4.78 is 6.17. The van der Waals surface area contributed by atoms with E-state index in [9.17, 15) is 0 Å². The van der Waals surface area contributed by atoms with Crippen molar-refractivity contribution in [3.05, 3.63) is 76.4 Å². The van der Waals surface area contributed by atoms with Gasteiger partial charge >= 0.3 is 0 Å². The van der Waals surface area contributed by atoms with Gasteiger partial charge in [-0.15, -0.1) is 0 Å². The highest BCUT2D eigenvalue weighted by molar-refractivity contribution is 6.07. The predicted molar refractivity (Wildman–Crippen MR) is 103 cm³/mol. The molecule has 1 aliphatic carbocycles. The van der Waals surface area contributed by atoms with Gasteiger partial charge in [-0.05, 0) is 63.0 Å². The molecule has 0 radical (unpaired) electrons. The maximum absolute atomic E-state index is 6.17. The third-order valence-electron chi connectivity index (χ3n) is 4.92. The molecule has 0 atom stereocenters. The SMILES string of the molecule is CC1=CC(C)=C(c2ccc3c(oc4ccccc43)c2C)C=C(C)C1. The van der Waals surface area contributed by atoms with Crippen LogP contribution in [0.1, 0.15) is 38.3 Å².